The highest BCUT2D eigenvalue weighted by Crippen LogP contribution is 2.37. The molecule has 0 amide bonds. The Morgan fingerprint density at radius 2 is 1.94 bits per heavy atom. The fraction of sp³-hybridized carbons (Fsp3) is 0.600. The van der Waals surface area contributed by atoms with E-state index in [4.69, 9.17) is 34.2 Å². The Kier molecular flexibility index (Phi) is 11.2. The normalized spacial score (nSPS) is 16.6. The molecule has 1 aliphatic heterocycles. The molecule has 0 saturated carbocycles. The Bertz CT molecular complexity index is 1750. The number of ether oxygens (including phenoxy) is 2. The predicted molar refractivity (Wildman–Crippen MR) is 203 cm³/mol. The second-order valence-corrected chi connectivity index (χ2v) is 20.5. The summed E-state index contributed by atoms with van der Waals surface area (Å²) in [5, 5.41) is 15.6. The van der Waals surface area contributed by atoms with Gasteiger partial charge in [-0.25, -0.2) is 9.36 Å². The van der Waals surface area contributed by atoms with Crippen molar-refractivity contribution < 1.29 is 13.9 Å². The van der Waals surface area contributed by atoms with Crippen molar-refractivity contribution in [2.24, 2.45) is 7.05 Å². The molecule has 1 unspecified atom stereocenters. The number of nitrogens with zero attached hydrogens (tertiary/aromatic N) is 8. The number of pyridine rings is 1. The molecule has 5 rings (SSSR count). The molecule has 0 bridgehead atoms. The van der Waals surface area contributed by atoms with Crippen molar-refractivity contribution in [1.29, 1.82) is 0 Å². The SMILES string of the molecule is C=Cc1nn(C2CCCCO2)c2cnc(-c3c(C)nn(C)c3O[C@@H](C)CN(C)Cc3c(I)c(C)nn3CCO[Si](C)(C)C(C)(C)C)cc12. The average Bonchev–Trinajstić information content (AvgIpc) is 3.62. The van der Waals surface area contributed by atoms with Crippen molar-refractivity contribution in [3.8, 4) is 17.1 Å². The summed E-state index contributed by atoms with van der Waals surface area (Å²) >= 11 is 2.42. The van der Waals surface area contributed by atoms with Crippen LogP contribution in [0.2, 0.25) is 18.1 Å². The number of hydrogen-bond acceptors (Lipinski definition) is 8. The number of likely N-dealkylation sites (N-methyl/N-ethyl adjacent to an activating group) is 1. The number of hydrogen-bond donors (Lipinski definition) is 0. The molecule has 0 aliphatic carbocycles. The molecule has 4 aromatic heterocycles. The van der Waals surface area contributed by atoms with Gasteiger partial charge in [0.1, 0.15) is 6.10 Å². The fourth-order valence-electron chi connectivity index (χ4n) is 6.08. The zero-order valence-corrected chi connectivity index (χ0v) is 33.6. The molecule has 2 atom stereocenters. The Morgan fingerprint density at radius 3 is 2.60 bits per heavy atom. The Labute approximate surface area is 300 Å². The standard InChI is InChI=1S/C35H53IN8O3Si/c1-12-27-26-19-28(37-20-29(26)44(40-27)31-15-13-14-17-45-31)32-24(3)38-42(9)34(32)47-23(2)21-41(8)22-30-33(36)25(4)39-43(30)16-18-46-48(10,11)35(5,6)7/h12,19-20,23,31H,1,13-18,21-22H2,2-11H3/t23-,31?/m0/s1. The summed E-state index contributed by atoms with van der Waals surface area (Å²) in [7, 11) is 2.22. The highest BCUT2D eigenvalue weighted by atomic mass is 127. The van der Waals surface area contributed by atoms with Gasteiger partial charge >= 0.3 is 0 Å². The molecule has 1 saturated heterocycles. The van der Waals surface area contributed by atoms with Gasteiger partial charge in [0.25, 0.3) is 0 Å². The second-order valence-electron chi connectivity index (χ2n) is 14.6. The van der Waals surface area contributed by atoms with Crippen LogP contribution in [0.1, 0.15) is 76.0 Å². The zero-order valence-electron chi connectivity index (χ0n) is 30.4. The minimum atomic E-state index is -1.83. The van der Waals surface area contributed by atoms with E-state index in [1.807, 2.05) is 29.5 Å². The van der Waals surface area contributed by atoms with E-state index in [1.54, 1.807) is 6.08 Å². The number of halogens is 1. The highest BCUT2D eigenvalue weighted by molar-refractivity contribution is 14.1. The quantitative estimate of drug-likeness (QED) is 0.102. The first kappa shape index (κ1) is 36.7. The van der Waals surface area contributed by atoms with Gasteiger partial charge < -0.3 is 13.9 Å². The van der Waals surface area contributed by atoms with Gasteiger partial charge in [-0.2, -0.15) is 15.3 Å². The summed E-state index contributed by atoms with van der Waals surface area (Å²) in [6.07, 6.45) is 6.64. The molecule has 5 heterocycles. The summed E-state index contributed by atoms with van der Waals surface area (Å²) in [5.74, 6) is 0.696. The summed E-state index contributed by atoms with van der Waals surface area (Å²) < 4.78 is 26.3. The van der Waals surface area contributed by atoms with E-state index in [0.717, 1.165) is 78.2 Å². The summed E-state index contributed by atoms with van der Waals surface area (Å²) in [5.41, 5.74) is 6.55. The van der Waals surface area contributed by atoms with Crippen molar-refractivity contribution >= 4 is 47.9 Å². The van der Waals surface area contributed by atoms with E-state index in [0.29, 0.717) is 19.0 Å². The molecule has 0 N–H and O–H groups in total. The van der Waals surface area contributed by atoms with Crippen LogP contribution in [0.4, 0.5) is 0 Å². The molecule has 0 spiro atoms. The first-order chi connectivity index (χ1) is 22.6. The van der Waals surface area contributed by atoms with Gasteiger partial charge in [0.15, 0.2) is 14.5 Å². The number of aryl methyl sites for hydroxylation is 3. The maximum Gasteiger partial charge on any atom is 0.221 e. The molecule has 4 aromatic rings. The third-order valence-corrected chi connectivity index (χ3v) is 15.6. The van der Waals surface area contributed by atoms with Gasteiger partial charge in [0, 0.05) is 32.1 Å². The van der Waals surface area contributed by atoms with Crippen LogP contribution >= 0.6 is 22.6 Å². The van der Waals surface area contributed by atoms with Gasteiger partial charge in [0.2, 0.25) is 5.88 Å². The smallest absolute Gasteiger partial charge is 0.221 e. The fourth-order valence-corrected chi connectivity index (χ4v) is 7.68. The minimum Gasteiger partial charge on any atom is -0.473 e. The van der Waals surface area contributed by atoms with Crippen molar-refractivity contribution in [2.45, 2.75) is 104 Å². The minimum absolute atomic E-state index is 0.0825. The van der Waals surface area contributed by atoms with Gasteiger partial charge in [-0.15, -0.1) is 0 Å². The van der Waals surface area contributed by atoms with E-state index >= 15 is 0 Å². The number of rotatable bonds is 13. The van der Waals surface area contributed by atoms with E-state index in [9.17, 15) is 0 Å². The van der Waals surface area contributed by atoms with Crippen molar-refractivity contribution in [2.75, 3.05) is 26.8 Å². The second kappa shape index (κ2) is 14.7. The van der Waals surface area contributed by atoms with Crippen molar-refractivity contribution in [3.05, 3.63) is 45.2 Å². The van der Waals surface area contributed by atoms with E-state index in [1.165, 1.54) is 9.26 Å². The monoisotopic (exact) mass is 788 g/mol. The first-order valence-electron chi connectivity index (χ1n) is 17.0. The average molecular weight is 789 g/mol. The molecule has 11 nitrogen and oxygen atoms in total. The lowest BCUT2D eigenvalue weighted by Crippen LogP contribution is -2.41. The van der Waals surface area contributed by atoms with Crippen LogP contribution in [0.3, 0.4) is 0 Å². The molecular weight excluding hydrogens is 735 g/mol. The van der Waals surface area contributed by atoms with Crippen LogP contribution in [0, 0.1) is 17.4 Å². The Morgan fingerprint density at radius 1 is 1.19 bits per heavy atom. The maximum absolute atomic E-state index is 6.65. The lowest BCUT2D eigenvalue weighted by atomic mass is 10.1. The third kappa shape index (κ3) is 7.74. The Hall–Kier alpha value is -2.59. The van der Waals surface area contributed by atoms with Crippen LogP contribution in [0.5, 0.6) is 5.88 Å². The predicted octanol–water partition coefficient (Wildman–Crippen LogP) is 7.51. The van der Waals surface area contributed by atoms with Gasteiger partial charge in [-0.3, -0.25) is 14.6 Å². The molecule has 13 heteroatoms. The van der Waals surface area contributed by atoms with E-state index in [2.05, 4.69) is 99.6 Å². The van der Waals surface area contributed by atoms with Crippen LogP contribution in [-0.2, 0) is 29.3 Å². The first-order valence-corrected chi connectivity index (χ1v) is 21.0. The van der Waals surface area contributed by atoms with Gasteiger partial charge in [-0.1, -0.05) is 27.4 Å². The molecular formula is C35H53IN8O3Si. The molecule has 1 aliphatic rings. The number of aromatic nitrogens is 7. The topological polar surface area (TPSA) is 97.3 Å². The largest absolute Gasteiger partial charge is 0.473 e. The van der Waals surface area contributed by atoms with Crippen LogP contribution in [0.15, 0.2) is 18.8 Å². The molecule has 0 radical (unpaired) electrons. The van der Waals surface area contributed by atoms with E-state index < -0.39 is 8.32 Å². The lowest BCUT2D eigenvalue weighted by Gasteiger charge is -2.36. The molecule has 0 aromatic carbocycles. The zero-order chi connectivity index (χ0) is 35.0. The Balaban J connectivity index is 1.30. The van der Waals surface area contributed by atoms with Crippen LogP contribution in [0.25, 0.3) is 28.2 Å². The summed E-state index contributed by atoms with van der Waals surface area (Å²) in [6, 6.07) is 2.08. The van der Waals surface area contributed by atoms with Crippen LogP contribution in [-0.4, -0.2) is 80.5 Å². The summed E-state index contributed by atoms with van der Waals surface area (Å²) in [4.78, 5) is 7.19. The molecule has 1 fully saturated rings. The molecule has 262 valence electrons. The highest BCUT2D eigenvalue weighted by Gasteiger charge is 2.37. The van der Waals surface area contributed by atoms with Crippen molar-refractivity contribution in [1.82, 2.24) is 39.2 Å². The lowest BCUT2D eigenvalue weighted by molar-refractivity contribution is -0.0367. The van der Waals surface area contributed by atoms with Crippen molar-refractivity contribution in [3.63, 3.8) is 0 Å². The van der Waals surface area contributed by atoms with Gasteiger partial charge in [0.05, 0.1) is 62.5 Å². The summed E-state index contributed by atoms with van der Waals surface area (Å²) in [6.45, 7) is 25.2. The van der Waals surface area contributed by atoms with Gasteiger partial charge in [-0.05, 0) is 99.9 Å². The molecule has 48 heavy (non-hydrogen) atoms. The number of fused-ring (bicyclic) bond motifs is 1. The third-order valence-electron chi connectivity index (χ3n) is 9.70. The van der Waals surface area contributed by atoms with E-state index in [-0.39, 0.29) is 17.4 Å². The van der Waals surface area contributed by atoms with Crippen LogP contribution < -0.4 is 4.74 Å². The maximum atomic E-state index is 6.65.